The number of fused-ring (bicyclic) bond motifs is 1. The number of nitrogens with two attached hydrogens (primary N) is 1. The van der Waals surface area contributed by atoms with Gasteiger partial charge in [0.15, 0.2) is 5.78 Å². The molecule has 2 atom stereocenters. The van der Waals surface area contributed by atoms with Crippen LogP contribution in [0.15, 0.2) is 11.3 Å². The Hall–Kier alpha value is -1.38. The molecule has 110 valence electrons. The van der Waals surface area contributed by atoms with Crippen LogP contribution >= 0.6 is 11.8 Å². The first-order valence-electron chi connectivity index (χ1n) is 6.05. The maximum atomic E-state index is 12.1. The summed E-state index contributed by atoms with van der Waals surface area (Å²) in [7, 11) is 1.30. The van der Waals surface area contributed by atoms with Gasteiger partial charge in [0.25, 0.3) is 5.91 Å². The van der Waals surface area contributed by atoms with E-state index in [1.807, 2.05) is 0 Å². The molecule has 7 nitrogen and oxygen atoms in total. The maximum Gasteiger partial charge on any atom is 0.353 e. The van der Waals surface area contributed by atoms with Crippen molar-refractivity contribution >= 4 is 29.4 Å². The van der Waals surface area contributed by atoms with Gasteiger partial charge in [0.1, 0.15) is 11.1 Å². The largest absolute Gasteiger partial charge is 0.477 e. The van der Waals surface area contributed by atoms with Crippen molar-refractivity contribution in [2.75, 3.05) is 12.9 Å². The molecule has 0 saturated carbocycles. The number of hydrogen-bond donors (Lipinski definition) is 2. The molecule has 2 rings (SSSR count). The van der Waals surface area contributed by atoms with E-state index in [0.29, 0.717) is 0 Å². The summed E-state index contributed by atoms with van der Waals surface area (Å²) in [5.74, 6) is -2.34. The minimum atomic E-state index is -1.52. The average molecular weight is 300 g/mol. The lowest BCUT2D eigenvalue weighted by molar-refractivity contribution is -0.182. The van der Waals surface area contributed by atoms with E-state index in [9.17, 15) is 19.5 Å². The summed E-state index contributed by atoms with van der Waals surface area (Å²) in [4.78, 5) is 36.6. The Labute approximate surface area is 120 Å². The Bertz CT molecular complexity index is 530. The average Bonchev–Trinajstić information content (AvgIpc) is 2.43. The number of aliphatic carboxylic acids is 1. The molecule has 2 aliphatic heterocycles. The van der Waals surface area contributed by atoms with E-state index in [2.05, 4.69) is 0 Å². The van der Waals surface area contributed by atoms with Crippen LogP contribution in [0.4, 0.5) is 0 Å². The van der Waals surface area contributed by atoms with Crippen molar-refractivity contribution in [1.82, 2.24) is 4.90 Å². The number of hydrogen-bond acceptors (Lipinski definition) is 6. The molecular weight excluding hydrogens is 284 g/mol. The highest BCUT2D eigenvalue weighted by molar-refractivity contribution is 8.00. The second-order valence-corrected chi connectivity index (χ2v) is 6.06. The van der Waals surface area contributed by atoms with E-state index in [4.69, 9.17) is 10.5 Å². The summed E-state index contributed by atoms with van der Waals surface area (Å²) in [5, 5.41) is 8.71. The molecule has 0 bridgehead atoms. The van der Waals surface area contributed by atoms with Gasteiger partial charge < -0.3 is 9.84 Å². The number of rotatable bonds is 4. The van der Waals surface area contributed by atoms with Crippen molar-refractivity contribution in [3.8, 4) is 0 Å². The van der Waals surface area contributed by atoms with Crippen LogP contribution < -0.4 is 5.73 Å². The van der Waals surface area contributed by atoms with Crippen molar-refractivity contribution in [1.29, 1.82) is 0 Å². The van der Waals surface area contributed by atoms with Crippen LogP contribution in [0.3, 0.4) is 0 Å². The number of amides is 1. The van der Waals surface area contributed by atoms with Crippen molar-refractivity contribution in [3.63, 3.8) is 0 Å². The zero-order chi connectivity index (χ0) is 15.2. The molecule has 0 radical (unpaired) electrons. The summed E-state index contributed by atoms with van der Waals surface area (Å²) < 4.78 is 4.99. The fraction of sp³-hybridized carbons (Fsp3) is 0.583. The summed E-state index contributed by atoms with van der Waals surface area (Å²) in [6.07, 6.45) is 0. The van der Waals surface area contributed by atoms with Gasteiger partial charge in [0, 0.05) is 24.4 Å². The number of carboxylic acids is 1. The van der Waals surface area contributed by atoms with E-state index >= 15 is 0 Å². The first-order chi connectivity index (χ1) is 9.25. The molecule has 2 heterocycles. The maximum absolute atomic E-state index is 12.1. The molecule has 0 aromatic rings. The quantitative estimate of drug-likeness (QED) is 0.545. The molecule has 8 heteroatoms. The van der Waals surface area contributed by atoms with Gasteiger partial charge in [0.05, 0.1) is 0 Å². The highest BCUT2D eigenvalue weighted by atomic mass is 32.2. The summed E-state index contributed by atoms with van der Waals surface area (Å²) in [5.41, 5.74) is 4.18. The molecule has 0 aromatic heterocycles. The van der Waals surface area contributed by atoms with E-state index in [-0.39, 0.29) is 28.7 Å². The number of β-lactam (4-membered cyclic amide) rings is 1. The predicted molar refractivity (Wildman–Crippen MR) is 71.5 cm³/mol. The smallest absolute Gasteiger partial charge is 0.353 e. The van der Waals surface area contributed by atoms with Gasteiger partial charge in [-0.1, -0.05) is 13.8 Å². The Morgan fingerprint density at radius 1 is 1.55 bits per heavy atom. The highest BCUT2D eigenvalue weighted by Gasteiger charge is 2.64. The number of nitrogens with zero attached hydrogens (tertiary/aromatic N) is 1. The van der Waals surface area contributed by atoms with E-state index in [0.717, 1.165) is 4.90 Å². The number of Topliss-reactive ketones (excluding diaryl/α,β-unsaturated/α-hetero) is 1. The molecule has 0 aliphatic carbocycles. The predicted octanol–water partition coefficient (Wildman–Crippen LogP) is -0.233. The SMILES string of the molecule is COC1(N)C(=O)N2C(C(=O)O)=C(C(=O)C(C)C)CS[C@H]21. The van der Waals surface area contributed by atoms with Gasteiger partial charge >= 0.3 is 5.97 Å². The van der Waals surface area contributed by atoms with Gasteiger partial charge in [-0.05, 0) is 0 Å². The Morgan fingerprint density at radius 3 is 2.60 bits per heavy atom. The van der Waals surface area contributed by atoms with E-state index < -0.39 is 23.0 Å². The third kappa shape index (κ3) is 1.87. The molecule has 1 amide bonds. The minimum absolute atomic E-state index is 0.153. The third-order valence-corrected chi connectivity index (χ3v) is 4.76. The first kappa shape index (κ1) is 15.0. The summed E-state index contributed by atoms with van der Waals surface area (Å²) in [6, 6.07) is 0. The number of carboxylic acid groups (broad SMARTS) is 1. The van der Waals surface area contributed by atoms with Crippen LogP contribution in [0.5, 0.6) is 0 Å². The normalized spacial score (nSPS) is 29.4. The van der Waals surface area contributed by atoms with Crippen LogP contribution in [-0.4, -0.2) is 51.6 Å². The molecule has 1 saturated heterocycles. The molecular formula is C12H16N2O5S. The number of methoxy groups -OCH3 is 1. The minimum Gasteiger partial charge on any atom is -0.477 e. The Kier molecular flexibility index (Phi) is 3.66. The van der Waals surface area contributed by atoms with Gasteiger partial charge in [-0.2, -0.15) is 0 Å². The molecule has 2 aliphatic rings. The number of ether oxygens (including phenoxy) is 1. The van der Waals surface area contributed by atoms with Crippen molar-refractivity contribution < 1.29 is 24.2 Å². The molecule has 3 N–H and O–H groups in total. The van der Waals surface area contributed by atoms with Gasteiger partial charge in [0.2, 0.25) is 5.72 Å². The van der Waals surface area contributed by atoms with Crippen LogP contribution in [0.2, 0.25) is 0 Å². The zero-order valence-corrected chi connectivity index (χ0v) is 12.2. The summed E-state index contributed by atoms with van der Waals surface area (Å²) in [6.45, 7) is 3.37. The number of thioether (sulfide) groups is 1. The van der Waals surface area contributed by atoms with Gasteiger partial charge in [-0.25, -0.2) is 4.79 Å². The number of carbonyl (C=O) groups is 3. The lowest BCUT2D eigenvalue weighted by atomic mass is 9.95. The fourth-order valence-electron chi connectivity index (χ4n) is 2.28. The second-order valence-electron chi connectivity index (χ2n) is 4.99. The highest BCUT2D eigenvalue weighted by Crippen LogP contribution is 2.45. The monoisotopic (exact) mass is 300 g/mol. The molecule has 0 spiro atoms. The van der Waals surface area contributed by atoms with Crippen molar-refractivity contribution in [2.24, 2.45) is 11.7 Å². The van der Waals surface area contributed by atoms with Gasteiger partial charge in [-0.15, -0.1) is 11.8 Å². The van der Waals surface area contributed by atoms with Crippen LogP contribution in [0.1, 0.15) is 13.8 Å². The number of carbonyl (C=O) groups excluding carboxylic acids is 2. The molecule has 1 fully saturated rings. The first-order valence-corrected chi connectivity index (χ1v) is 7.10. The number of ketones is 1. The molecule has 1 unspecified atom stereocenters. The zero-order valence-electron chi connectivity index (χ0n) is 11.4. The van der Waals surface area contributed by atoms with Crippen LogP contribution in [0, 0.1) is 5.92 Å². The van der Waals surface area contributed by atoms with Crippen LogP contribution in [-0.2, 0) is 19.1 Å². The Morgan fingerprint density at radius 2 is 2.15 bits per heavy atom. The Balaban J connectivity index is 2.46. The summed E-state index contributed by atoms with van der Waals surface area (Å²) >= 11 is 1.24. The van der Waals surface area contributed by atoms with Crippen LogP contribution in [0.25, 0.3) is 0 Å². The lowest BCUT2D eigenvalue weighted by Gasteiger charge is -2.54. The second kappa shape index (κ2) is 4.87. The molecule has 20 heavy (non-hydrogen) atoms. The third-order valence-electron chi connectivity index (χ3n) is 3.43. The van der Waals surface area contributed by atoms with Crippen molar-refractivity contribution in [3.05, 3.63) is 11.3 Å². The fourth-order valence-corrected chi connectivity index (χ4v) is 3.67. The topological polar surface area (TPSA) is 110 Å². The lowest BCUT2D eigenvalue weighted by Crippen LogP contribution is -2.78. The van der Waals surface area contributed by atoms with E-state index in [1.54, 1.807) is 13.8 Å². The van der Waals surface area contributed by atoms with E-state index in [1.165, 1.54) is 18.9 Å². The molecule has 0 aromatic carbocycles. The van der Waals surface area contributed by atoms with Crippen molar-refractivity contribution in [2.45, 2.75) is 24.9 Å². The van der Waals surface area contributed by atoms with Gasteiger partial charge in [-0.3, -0.25) is 20.2 Å². The standard InChI is InChI=1S/C12H16N2O5S/c1-5(2)8(15)6-4-20-11-12(13,19-3)10(18)14(11)7(6)9(16)17/h5,11H,4,13H2,1-3H3,(H,16,17)/t11-,12?/m0/s1.